The van der Waals surface area contributed by atoms with Crippen LogP contribution in [-0.4, -0.2) is 47.3 Å². The van der Waals surface area contributed by atoms with Gasteiger partial charge in [-0.15, -0.1) is 0 Å². The smallest absolute Gasteiger partial charge is 0.315 e. The van der Waals surface area contributed by atoms with Crippen LogP contribution in [-0.2, 0) is 0 Å². The van der Waals surface area contributed by atoms with Crippen LogP contribution in [0.3, 0.4) is 0 Å². The summed E-state index contributed by atoms with van der Waals surface area (Å²) in [4.78, 5) is 11.7. The first-order valence-electron chi connectivity index (χ1n) is 5.72. The van der Waals surface area contributed by atoms with Crippen LogP contribution < -0.4 is 4.74 Å². The Kier molecular flexibility index (Phi) is 5.25. The second-order valence-electron chi connectivity index (χ2n) is 4.08. The molecule has 0 fully saturated rings. The summed E-state index contributed by atoms with van der Waals surface area (Å²) >= 11 is 0. The maximum atomic E-state index is 10.9. The number of benzene rings is 1. The molecule has 0 heterocycles. The van der Waals surface area contributed by atoms with Gasteiger partial charge in [0.1, 0.15) is 6.04 Å². The minimum absolute atomic E-state index is 0.0770. The quantitative estimate of drug-likeness (QED) is 0.584. The maximum Gasteiger partial charge on any atom is 0.315 e. The molecule has 1 unspecified atom stereocenters. The zero-order valence-corrected chi connectivity index (χ0v) is 11.1. The number of aromatic hydroxyl groups is 1. The lowest BCUT2D eigenvalue weighted by atomic mass is 10.0. The average Bonchev–Trinajstić information content (AvgIpc) is 2.41. The maximum absolute atomic E-state index is 10.9. The molecule has 0 saturated heterocycles. The number of nitro benzene ring substituents is 1. The summed E-state index contributed by atoms with van der Waals surface area (Å²) in [6.07, 6.45) is 0. The van der Waals surface area contributed by atoms with Crippen molar-refractivity contribution in [1.29, 1.82) is 5.26 Å². The molecule has 1 aromatic carbocycles. The van der Waals surface area contributed by atoms with Crippen molar-refractivity contribution in [1.82, 2.24) is 4.90 Å². The highest BCUT2D eigenvalue weighted by atomic mass is 16.6. The second kappa shape index (κ2) is 6.70. The molecule has 0 spiro atoms. The average molecular weight is 281 g/mol. The molecule has 0 aliphatic heterocycles. The Morgan fingerprint density at radius 2 is 2.25 bits per heavy atom. The Morgan fingerprint density at radius 3 is 2.70 bits per heavy atom. The molecule has 0 aromatic heterocycles. The SMILES string of the molecule is COc1cc(C(C#N)N(C)CCO)cc([N+](=O)[O-])c1O. The molecular formula is C12H15N3O5. The van der Waals surface area contributed by atoms with Crippen LogP contribution >= 0.6 is 0 Å². The molecule has 2 N–H and O–H groups in total. The molecule has 0 bridgehead atoms. The van der Waals surface area contributed by atoms with Crippen LogP contribution in [0.5, 0.6) is 11.5 Å². The number of phenols is 1. The van der Waals surface area contributed by atoms with Gasteiger partial charge in [-0.1, -0.05) is 0 Å². The number of rotatable bonds is 6. The number of phenolic OH excluding ortho intramolecular Hbond substituents is 1. The van der Waals surface area contributed by atoms with Crippen LogP contribution in [0.4, 0.5) is 5.69 Å². The molecule has 8 heteroatoms. The van der Waals surface area contributed by atoms with Gasteiger partial charge < -0.3 is 14.9 Å². The van der Waals surface area contributed by atoms with Gasteiger partial charge >= 0.3 is 5.69 Å². The molecule has 20 heavy (non-hydrogen) atoms. The van der Waals surface area contributed by atoms with E-state index in [1.54, 1.807) is 7.05 Å². The predicted octanol–water partition coefficient (Wildman–Crippen LogP) is 0.798. The van der Waals surface area contributed by atoms with E-state index in [0.29, 0.717) is 5.56 Å². The standard InChI is InChI=1S/C12H15N3O5/c1-14(3-4-16)10(7-13)8-5-9(15(18)19)12(17)11(6-8)20-2/h5-6,10,16-17H,3-4H2,1-2H3. The van der Waals surface area contributed by atoms with Crippen molar-refractivity contribution in [2.75, 3.05) is 27.3 Å². The minimum Gasteiger partial charge on any atom is -0.500 e. The lowest BCUT2D eigenvalue weighted by molar-refractivity contribution is -0.386. The van der Waals surface area contributed by atoms with Crippen LogP contribution in [0, 0.1) is 21.4 Å². The van der Waals surface area contributed by atoms with Crippen molar-refractivity contribution >= 4 is 5.69 Å². The van der Waals surface area contributed by atoms with Gasteiger partial charge in [0.25, 0.3) is 0 Å². The number of aliphatic hydroxyl groups is 1. The van der Waals surface area contributed by atoms with Gasteiger partial charge in [0.05, 0.1) is 24.7 Å². The van der Waals surface area contributed by atoms with Crippen LogP contribution in [0.2, 0.25) is 0 Å². The summed E-state index contributed by atoms with van der Waals surface area (Å²) in [6, 6.07) is 3.69. The summed E-state index contributed by atoms with van der Waals surface area (Å²) in [6.45, 7) is 0.0845. The third-order valence-corrected chi connectivity index (χ3v) is 2.83. The first-order valence-corrected chi connectivity index (χ1v) is 5.72. The number of hydrogen-bond acceptors (Lipinski definition) is 7. The zero-order chi connectivity index (χ0) is 15.3. The van der Waals surface area contributed by atoms with E-state index in [0.717, 1.165) is 6.07 Å². The Bertz CT molecular complexity index is 541. The summed E-state index contributed by atoms with van der Waals surface area (Å²) in [7, 11) is 2.87. The first-order chi connectivity index (χ1) is 9.46. The lowest BCUT2D eigenvalue weighted by Crippen LogP contribution is -2.26. The minimum atomic E-state index is -0.796. The molecule has 0 aliphatic rings. The molecular weight excluding hydrogens is 266 g/mol. The molecule has 108 valence electrons. The third-order valence-electron chi connectivity index (χ3n) is 2.83. The van der Waals surface area contributed by atoms with E-state index >= 15 is 0 Å². The van der Waals surface area contributed by atoms with Crippen molar-refractivity contribution < 1.29 is 19.9 Å². The van der Waals surface area contributed by atoms with E-state index in [1.807, 2.05) is 6.07 Å². The van der Waals surface area contributed by atoms with Crippen LogP contribution in [0.1, 0.15) is 11.6 Å². The van der Waals surface area contributed by atoms with Crippen molar-refractivity contribution in [3.05, 3.63) is 27.8 Å². The number of aliphatic hydroxyl groups excluding tert-OH is 1. The molecule has 8 nitrogen and oxygen atoms in total. The molecule has 1 aromatic rings. The third kappa shape index (κ3) is 3.14. The van der Waals surface area contributed by atoms with Gasteiger partial charge in [0.2, 0.25) is 5.75 Å². The number of hydrogen-bond donors (Lipinski definition) is 2. The number of nitro groups is 1. The summed E-state index contributed by atoms with van der Waals surface area (Å²) in [5, 5.41) is 38.7. The Hall–Kier alpha value is -2.37. The topological polar surface area (TPSA) is 120 Å². The van der Waals surface area contributed by atoms with E-state index in [2.05, 4.69) is 0 Å². The fraction of sp³-hybridized carbons (Fsp3) is 0.417. The highest BCUT2D eigenvalue weighted by Gasteiger charge is 2.25. The second-order valence-corrected chi connectivity index (χ2v) is 4.08. The van der Waals surface area contributed by atoms with Crippen LogP contribution in [0.15, 0.2) is 12.1 Å². The number of methoxy groups -OCH3 is 1. The van der Waals surface area contributed by atoms with Crippen molar-refractivity contribution in [2.24, 2.45) is 0 Å². The van der Waals surface area contributed by atoms with Crippen molar-refractivity contribution in [3.63, 3.8) is 0 Å². The first kappa shape index (κ1) is 15.7. The van der Waals surface area contributed by atoms with E-state index in [4.69, 9.17) is 9.84 Å². The normalized spacial score (nSPS) is 11.9. The molecule has 1 atom stereocenters. The Balaban J connectivity index is 3.33. The fourth-order valence-corrected chi connectivity index (χ4v) is 1.78. The predicted molar refractivity (Wildman–Crippen MR) is 69.4 cm³/mol. The van der Waals surface area contributed by atoms with Gasteiger partial charge in [0.15, 0.2) is 5.75 Å². The molecule has 0 saturated carbocycles. The fourth-order valence-electron chi connectivity index (χ4n) is 1.78. The number of nitriles is 1. The van der Waals surface area contributed by atoms with E-state index in [-0.39, 0.29) is 18.9 Å². The van der Waals surface area contributed by atoms with Gasteiger partial charge in [-0.3, -0.25) is 15.0 Å². The van der Waals surface area contributed by atoms with E-state index in [1.165, 1.54) is 18.1 Å². The molecule has 0 amide bonds. The van der Waals surface area contributed by atoms with Gasteiger partial charge in [-0.05, 0) is 18.7 Å². The number of nitrogens with zero attached hydrogens (tertiary/aromatic N) is 3. The largest absolute Gasteiger partial charge is 0.500 e. The highest BCUT2D eigenvalue weighted by Crippen LogP contribution is 2.39. The summed E-state index contributed by atoms with van der Waals surface area (Å²) in [5.74, 6) is -0.658. The van der Waals surface area contributed by atoms with Crippen LogP contribution in [0.25, 0.3) is 0 Å². The summed E-state index contributed by atoms with van der Waals surface area (Å²) < 4.78 is 4.88. The Morgan fingerprint density at radius 1 is 1.60 bits per heavy atom. The van der Waals surface area contributed by atoms with Gasteiger partial charge in [0, 0.05) is 12.6 Å². The number of likely N-dealkylation sites (N-methyl/N-ethyl adjacent to an activating group) is 1. The van der Waals surface area contributed by atoms with Gasteiger partial charge in [-0.25, -0.2) is 0 Å². The molecule has 1 rings (SSSR count). The van der Waals surface area contributed by atoms with Crippen molar-refractivity contribution in [3.8, 4) is 17.6 Å². The monoisotopic (exact) mass is 281 g/mol. The van der Waals surface area contributed by atoms with Gasteiger partial charge in [-0.2, -0.15) is 5.26 Å². The van der Waals surface area contributed by atoms with E-state index < -0.39 is 22.4 Å². The zero-order valence-electron chi connectivity index (χ0n) is 11.1. The molecule has 0 radical (unpaired) electrons. The number of ether oxygens (including phenoxy) is 1. The van der Waals surface area contributed by atoms with E-state index in [9.17, 15) is 20.5 Å². The Labute approximate surface area is 115 Å². The highest BCUT2D eigenvalue weighted by molar-refractivity contribution is 5.58. The lowest BCUT2D eigenvalue weighted by Gasteiger charge is -2.22. The molecule has 0 aliphatic carbocycles. The summed E-state index contributed by atoms with van der Waals surface area (Å²) in [5.41, 5.74) is -0.221. The van der Waals surface area contributed by atoms with Crippen molar-refractivity contribution in [2.45, 2.75) is 6.04 Å².